The van der Waals surface area contributed by atoms with Crippen molar-refractivity contribution in [3.8, 4) is 74.0 Å². The summed E-state index contributed by atoms with van der Waals surface area (Å²) in [5.74, 6) is -20.7. The van der Waals surface area contributed by atoms with Crippen molar-refractivity contribution in [2.45, 2.75) is 24.4 Å². The molecule has 0 saturated heterocycles. The molecule has 2 aliphatic heterocycles. The Morgan fingerprint density at radius 3 is 1.46 bits per heavy atom. The maximum absolute atomic E-state index is 14.0. The number of fused-ring (bicyclic) bond motifs is 6. The molecule has 0 saturated carbocycles. The Morgan fingerprint density at radius 1 is 0.587 bits per heavy atom. The summed E-state index contributed by atoms with van der Waals surface area (Å²) in [5, 5.41) is 126. The first-order valence-corrected chi connectivity index (χ1v) is 12.5. The largest absolute Gasteiger partial charge is 0.504 e. The number of hydrogen-bond donors (Lipinski definition) is 12. The average molecular weight is 648 g/mol. The molecule has 2 bridgehead atoms. The number of hydrogen-bond acceptors (Lipinski definition) is 18. The molecule has 4 atom stereocenters. The number of aromatic hydroxyl groups is 9. The molecular weight excluding hydrogens is 628 g/mol. The van der Waals surface area contributed by atoms with Gasteiger partial charge in [-0.2, -0.15) is 0 Å². The van der Waals surface area contributed by atoms with Crippen LogP contribution in [-0.4, -0.2) is 116 Å². The van der Waals surface area contributed by atoms with E-state index in [2.05, 4.69) is 0 Å². The minimum Gasteiger partial charge on any atom is -0.504 e. The third kappa shape index (κ3) is 4.37. The lowest BCUT2D eigenvalue weighted by Crippen LogP contribution is -2.53. The molecular formula is C27H20O19. The molecule has 2 heterocycles. The summed E-state index contributed by atoms with van der Waals surface area (Å²) in [7, 11) is 0. The zero-order chi connectivity index (χ0) is 34.1. The fourth-order valence-electron chi connectivity index (χ4n) is 5.08. The maximum atomic E-state index is 14.0. The number of ether oxygens (including phenoxy) is 3. The van der Waals surface area contributed by atoms with Crippen molar-refractivity contribution >= 4 is 23.9 Å². The Labute approximate surface area is 252 Å². The molecule has 0 amide bonds. The number of carbonyl (C=O) groups is 4. The van der Waals surface area contributed by atoms with Gasteiger partial charge >= 0.3 is 23.9 Å². The first kappa shape index (κ1) is 31.1. The topological polar surface area (TPSA) is 339 Å². The van der Waals surface area contributed by atoms with Gasteiger partial charge in [0.05, 0.1) is 23.3 Å². The van der Waals surface area contributed by atoms with E-state index < -0.39 is 146 Å². The lowest BCUT2D eigenvalue weighted by Gasteiger charge is -2.32. The van der Waals surface area contributed by atoms with Gasteiger partial charge in [0.1, 0.15) is 6.10 Å². The van der Waals surface area contributed by atoms with E-state index in [1.54, 1.807) is 0 Å². The number of phenolic OH excluding ortho intramolecular Hbond substituents is 9. The Kier molecular flexibility index (Phi) is 7.22. The van der Waals surface area contributed by atoms with Crippen LogP contribution in [0.25, 0.3) is 22.3 Å². The van der Waals surface area contributed by atoms with E-state index in [0.717, 1.165) is 0 Å². The Morgan fingerprint density at radius 2 is 1.02 bits per heavy atom. The summed E-state index contributed by atoms with van der Waals surface area (Å²) in [6.07, 6.45) is -10.2. The predicted molar refractivity (Wildman–Crippen MR) is 141 cm³/mol. The van der Waals surface area contributed by atoms with E-state index in [4.69, 9.17) is 14.2 Å². The van der Waals surface area contributed by atoms with Gasteiger partial charge in [-0.25, -0.2) is 19.2 Å². The van der Waals surface area contributed by atoms with Crippen molar-refractivity contribution in [1.29, 1.82) is 0 Å². The molecule has 3 aromatic rings. The molecule has 2 aliphatic rings. The van der Waals surface area contributed by atoms with E-state index in [0.29, 0.717) is 12.1 Å². The third-order valence-electron chi connectivity index (χ3n) is 7.25. The summed E-state index contributed by atoms with van der Waals surface area (Å²) in [6, 6.07) is 0.772. The summed E-state index contributed by atoms with van der Waals surface area (Å²) < 4.78 is 15.1. The van der Waals surface area contributed by atoms with Gasteiger partial charge in [-0.3, -0.25) is 0 Å². The summed E-state index contributed by atoms with van der Waals surface area (Å²) >= 11 is 0. The van der Waals surface area contributed by atoms with E-state index in [1.807, 2.05) is 0 Å². The van der Waals surface area contributed by atoms with Gasteiger partial charge in [-0.05, 0) is 12.1 Å². The Bertz CT molecular complexity index is 1880. The molecule has 12 N–H and O–H groups in total. The first-order valence-electron chi connectivity index (χ1n) is 12.5. The highest BCUT2D eigenvalue weighted by Crippen LogP contribution is 2.59. The van der Waals surface area contributed by atoms with Crippen molar-refractivity contribution in [1.82, 2.24) is 0 Å². The van der Waals surface area contributed by atoms with E-state index in [9.17, 15) is 80.5 Å². The fraction of sp³-hybridized carbons (Fsp3) is 0.185. The lowest BCUT2D eigenvalue weighted by molar-refractivity contribution is -0.166. The highest BCUT2D eigenvalue weighted by molar-refractivity contribution is 6.15. The maximum Gasteiger partial charge on any atom is 0.349 e. The summed E-state index contributed by atoms with van der Waals surface area (Å²) in [4.78, 5) is 53.1. The lowest BCUT2D eigenvalue weighted by atomic mass is 9.84. The van der Waals surface area contributed by atoms with Crippen LogP contribution in [0.3, 0.4) is 0 Å². The van der Waals surface area contributed by atoms with Crippen molar-refractivity contribution in [3.05, 3.63) is 28.8 Å². The number of phenols is 9. The molecule has 0 aliphatic carbocycles. The first-order chi connectivity index (χ1) is 21.5. The molecule has 0 radical (unpaired) electrons. The van der Waals surface area contributed by atoms with Crippen molar-refractivity contribution < 1.29 is 94.7 Å². The fourth-order valence-corrected chi connectivity index (χ4v) is 5.08. The van der Waals surface area contributed by atoms with Crippen LogP contribution in [0.1, 0.15) is 31.1 Å². The van der Waals surface area contributed by atoms with Gasteiger partial charge in [0.2, 0.25) is 23.4 Å². The highest BCUT2D eigenvalue weighted by atomic mass is 16.6. The zero-order valence-corrected chi connectivity index (χ0v) is 22.4. The van der Waals surface area contributed by atoms with Gasteiger partial charge < -0.3 is 75.5 Å². The summed E-state index contributed by atoms with van der Waals surface area (Å²) in [5.41, 5.74) is -8.47. The molecule has 242 valence electrons. The minimum absolute atomic E-state index is 0.368. The number of aliphatic hydroxyl groups excluding tert-OH is 2. The van der Waals surface area contributed by atoms with Gasteiger partial charge in [0.15, 0.2) is 46.7 Å². The second-order valence-corrected chi connectivity index (χ2v) is 9.85. The van der Waals surface area contributed by atoms with Crippen LogP contribution in [0, 0.1) is 0 Å². The molecule has 5 rings (SSSR count). The Hall–Kier alpha value is -6.34. The van der Waals surface area contributed by atoms with E-state index >= 15 is 0 Å². The number of carboxylic acids is 1. The zero-order valence-electron chi connectivity index (χ0n) is 22.4. The third-order valence-corrected chi connectivity index (χ3v) is 7.25. The normalized spacial score (nSPS) is 20.8. The molecule has 19 heteroatoms. The monoisotopic (exact) mass is 648 g/mol. The van der Waals surface area contributed by atoms with Crippen LogP contribution in [0.15, 0.2) is 12.1 Å². The van der Waals surface area contributed by atoms with Crippen LogP contribution in [0.4, 0.5) is 0 Å². The number of rotatable bonds is 2. The standard InChI is InChI=1S/C27H20O19/c28-3-8-16(33)22-23(24(39)40)46-26(42)5-2-7(30)15(32)18(35)10(5)12-13(27(43)45-22)11(19(36)21(38)20(12)37)9-4(25(41)44-8)1-6(29)14(31)17(9)34/h1-2,8,16,22-23,28-38H,3H2,(H,39,40)/t8-,16-,22+,23-/m1/s1. The van der Waals surface area contributed by atoms with Crippen molar-refractivity contribution in [3.63, 3.8) is 0 Å². The second kappa shape index (κ2) is 10.7. The molecule has 46 heavy (non-hydrogen) atoms. The smallest absolute Gasteiger partial charge is 0.349 e. The number of aliphatic carboxylic acids is 1. The number of carbonyl (C=O) groups excluding carboxylic acids is 3. The minimum atomic E-state index is -2.75. The molecule has 0 spiro atoms. The quantitative estimate of drug-likeness (QED) is 0.0938. The molecule has 0 fully saturated rings. The van der Waals surface area contributed by atoms with Crippen LogP contribution in [-0.2, 0) is 19.0 Å². The predicted octanol–water partition coefficient (Wildman–Crippen LogP) is -0.588. The number of esters is 3. The number of carboxylic acid groups (broad SMARTS) is 1. The number of cyclic esters (lactones) is 2. The average Bonchev–Trinajstić information content (AvgIpc) is 3.01. The summed E-state index contributed by atoms with van der Waals surface area (Å²) in [6.45, 7) is -1.35. The van der Waals surface area contributed by atoms with Gasteiger partial charge in [0.25, 0.3) is 0 Å². The van der Waals surface area contributed by atoms with Crippen LogP contribution in [0.5, 0.6) is 51.7 Å². The highest BCUT2D eigenvalue weighted by Gasteiger charge is 2.48. The Balaban J connectivity index is 2.11. The van der Waals surface area contributed by atoms with Gasteiger partial charge in [-0.1, -0.05) is 0 Å². The van der Waals surface area contributed by atoms with Crippen molar-refractivity contribution in [2.24, 2.45) is 0 Å². The molecule has 3 aromatic carbocycles. The molecule has 0 aromatic heterocycles. The van der Waals surface area contributed by atoms with Crippen LogP contribution in [0.2, 0.25) is 0 Å². The molecule has 0 unspecified atom stereocenters. The number of benzene rings is 3. The van der Waals surface area contributed by atoms with E-state index in [1.165, 1.54) is 0 Å². The molecule has 19 nitrogen and oxygen atoms in total. The van der Waals surface area contributed by atoms with Crippen LogP contribution >= 0.6 is 0 Å². The van der Waals surface area contributed by atoms with Crippen molar-refractivity contribution in [2.75, 3.05) is 6.61 Å². The van der Waals surface area contributed by atoms with Crippen LogP contribution < -0.4 is 0 Å². The second-order valence-electron chi connectivity index (χ2n) is 9.85. The van der Waals surface area contributed by atoms with Gasteiger partial charge in [-0.15, -0.1) is 0 Å². The van der Waals surface area contributed by atoms with E-state index in [-0.39, 0.29) is 0 Å². The SMILES string of the molecule is O=C1O[C@H](CO)[C@@H](O)[C@@H]2OC(=O)c3c(c(O)c(O)c(O)c3-c3c(cc(O)c(O)c3O)C(=O)O[C@H]2C(=O)O)-c2c1cc(O)c(O)c2O. The number of aliphatic hydroxyl groups is 2. The van der Waals surface area contributed by atoms with Gasteiger partial charge in [0, 0.05) is 22.3 Å².